The summed E-state index contributed by atoms with van der Waals surface area (Å²) in [4.78, 5) is 29.0. The van der Waals surface area contributed by atoms with E-state index in [1.165, 1.54) is 25.9 Å². The number of H-pyrrole nitrogens is 1. The number of benzene rings is 1. The molecule has 1 atom stereocenters. The predicted molar refractivity (Wildman–Crippen MR) is 81.7 cm³/mol. The van der Waals surface area contributed by atoms with E-state index in [0.29, 0.717) is 17.8 Å². The Hall–Kier alpha value is -1.88. The van der Waals surface area contributed by atoms with Crippen molar-refractivity contribution in [2.24, 2.45) is 5.92 Å². The lowest BCUT2D eigenvalue weighted by Gasteiger charge is -2.29. The molecule has 0 aliphatic carbocycles. The summed E-state index contributed by atoms with van der Waals surface area (Å²) < 4.78 is 1.76. The summed E-state index contributed by atoms with van der Waals surface area (Å²) in [6, 6.07) is 5.77. The van der Waals surface area contributed by atoms with Gasteiger partial charge in [0.2, 0.25) is 0 Å². The van der Waals surface area contributed by atoms with Crippen LogP contribution in [0, 0.1) is 5.92 Å². The average Bonchev–Trinajstić information content (AvgIpc) is 2.97. The van der Waals surface area contributed by atoms with Gasteiger partial charge in [0.25, 0.3) is 5.56 Å². The third-order valence-electron chi connectivity index (χ3n) is 4.76. The maximum atomic E-state index is 12.1. The average molecular weight is 285 g/mol. The van der Waals surface area contributed by atoms with Gasteiger partial charge in [-0.3, -0.25) is 14.3 Å². The molecule has 1 aromatic heterocycles. The molecule has 1 saturated heterocycles. The maximum Gasteiger partial charge on any atom is 0.328 e. The lowest BCUT2D eigenvalue weighted by atomic mass is 9.93. The largest absolute Gasteiger partial charge is 0.328 e. The minimum Gasteiger partial charge on any atom is -0.303 e. The third-order valence-corrected chi connectivity index (χ3v) is 4.76. The van der Waals surface area contributed by atoms with Gasteiger partial charge in [0.1, 0.15) is 0 Å². The summed E-state index contributed by atoms with van der Waals surface area (Å²) in [6.07, 6.45) is 3.52. The number of aromatic amines is 1. The zero-order chi connectivity index (χ0) is 14.4. The van der Waals surface area contributed by atoms with Crippen molar-refractivity contribution in [3.05, 3.63) is 44.6 Å². The number of hydrogen-bond acceptors (Lipinski definition) is 3. The normalized spacial score (nSPS) is 22.0. The van der Waals surface area contributed by atoms with Gasteiger partial charge in [-0.05, 0) is 49.9 Å². The first-order valence-corrected chi connectivity index (χ1v) is 7.69. The Bertz CT molecular complexity index is 799. The fraction of sp³-hybridized carbons (Fsp3) is 0.500. The summed E-state index contributed by atoms with van der Waals surface area (Å²) in [5, 5.41) is 0.631. The molecule has 2 aliphatic rings. The summed E-state index contributed by atoms with van der Waals surface area (Å²) in [5.74, 6) is 0.449. The van der Waals surface area contributed by atoms with Gasteiger partial charge in [-0.15, -0.1) is 0 Å². The molecule has 1 aromatic carbocycles. The molecule has 3 heterocycles. The molecule has 1 fully saturated rings. The molecule has 0 radical (unpaired) electrons. The molecule has 0 amide bonds. The van der Waals surface area contributed by atoms with E-state index in [9.17, 15) is 9.59 Å². The smallest absolute Gasteiger partial charge is 0.303 e. The van der Waals surface area contributed by atoms with Gasteiger partial charge < -0.3 is 4.90 Å². The van der Waals surface area contributed by atoms with E-state index in [1.807, 2.05) is 12.1 Å². The standard InChI is InChI=1S/C16H19N3O2/c20-15-13-5-3-4-12-8-11(9-18-6-1-2-7-18)10-19(14(12)13)16(21)17-15/h3-5,11H,1-2,6-10H2,(H,17,20,21). The molecular weight excluding hydrogens is 266 g/mol. The minimum absolute atomic E-state index is 0.272. The van der Waals surface area contributed by atoms with Gasteiger partial charge >= 0.3 is 5.69 Å². The van der Waals surface area contributed by atoms with Crippen LogP contribution in [0.4, 0.5) is 0 Å². The number of aromatic nitrogens is 2. The van der Waals surface area contributed by atoms with Crippen molar-refractivity contribution in [3.8, 4) is 0 Å². The van der Waals surface area contributed by atoms with Crippen LogP contribution in [-0.2, 0) is 13.0 Å². The number of rotatable bonds is 2. The van der Waals surface area contributed by atoms with E-state index in [2.05, 4.69) is 9.88 Å². The number of nitrogens with zero attached hydrogens (tertiary/aromatic N) is 2. The summed E-state index contributed by atoms with van der Waals surface area (Å²) in [5.41, 5.74) is 1.42. The van der Waals surface area contributed by atoms with Crippen LogP contribution in [0.5, 0.6) is 0 Å². The van der Waals surface area contributed by atoms with Gasteiger partial charge in [0, 0.05) is 13.1 Å². The van der Waals surface area contributed by atoms with Crippen LogP contribution in [0.3, 0.4) is 0 Å². The topological polar surface area (TPSA) is 58.1 Å². The predicted octanol–water partition coefficient (Wildman–Crippen LogP) is 0.958. The van der Waals surface area contributed by atoms with Crippen molar-refractivity contribution in [3.63, 3.8) is 0 Å². The molecule has 5 heteroatoms. The van der Waals surface area contributed by atoms with Crippen LogP contribution in [0.15, 0.2) is 27.8 Å². The van der Waals surface area contributed by atoms with Crippen LogP contribution < -0.4 is 11.2 Å². The Morgan fingerprint density at radius 1 is 1.19 bits per heavy atom. The van der Waals surface area contributed by atoms with Gasteiger partial charge in [0.05, 0.1) is 10.9 Å². The second-order valence-electron chi connectivity index (χ2n) is 6.26. The fourth-order valence-corrected chi connectivity index (χ4v) is 3.85. The van der Waals surface area contributed by atoms with Crippen LogP contribution in [0.25, 0.3) is 10.9 Å². The number of nitrogens with one attached hydrogen (secondary N) is 1. The molecule has 1 unspecified atom stereocenters. The lowest BCUT2D eigenvalue weighted by molar-refractivity contribution is 0.253. The molecule has 5 nitrogen and oxygen atoms in total. The minimum atomic E-state index is -0.272. The molecule has 2 aromatic rings. The fourth-order valence-electron chi connectivity index (χ4n) is 3.85. The lowest BCUT2D eigenvalue weighted by Crippen LogP contribution is -2.39. The van der Waals surface area contributed by atoms with E-state index >= 15 is 0 Å². The highest BCUT2D eigenvalue weighted by Crippen LogP contribution is 2.25. The van der Waals surface area contributed by atoms with Gasteiger partial charge in [0.15, 0.2) is 0 Å². The number of hydrogen-bond donors (Lipinski definition) is 1. The zero-order valence-electron chi connectivity index (χ0n) is 12.0. The van der Waals surface area contributed by atoms with Crippen molar-refractivity contribution >= 4 is 10.9 Å². The number of likely N-dealkylation sites (tertiary alicyclic amines) is 1. The van der Waals surface area contributed by atoms with Crippen molar-refractivity contribution in [2.75, 3.05) is 19.6 Å². The Morgan fingerprint density at radius 3 is 2.81 bits per heavy atom. The van der Waals surface area contributed by atoms with E-state index in [0.717, 1.165) is 24.0 Å². The molecular formula is C16H19N3O2. The highest BCUT2D eigenvalue weighted by molar-refractivity contribution is 5.81. The molecule has 1 N–H and O–H groups in total. The van der Waals surface area contributed by atoms with Crippen LogP contribution in [0.1, 0.15) is 18.4 Å². The Labute approximate surface area is 122 Å². The number of para-hydroxylation sites is 1. The molecule has 0 bridgehead atoms. The first-order chi connectivity index (χ1) is 10.2. The van der Waals surface area contributed by atoms with Crippen LogP contribution in [-0.4, -0.2) is 34.1 Å². The first kappa shape index (κ1) is 12.8. The molecule has 4 rings (SSSR count). The quantitative estimate of drug-likeness (QED) is 0.894. The summed E-state index contributed by atoms with van der Waals surface area (Å²) >= 11 is 0. The first-order valence-electron chi connectivity index (χ1n) is 7.69. The zero-order valence-corrected chi connectivity index (χ0v) is 12.0. The second-order valence-corrected chi connectivity index (χ2v) is 6.26. The molecule has 2 aliphatic heterocycles. The molecule has 110 valence electrons. The Balaban J connectivity index is 1.76. The van der Waals surface area contributed by atoms with Gasteiger partial charge in [-0.25, -0.2) is 4.79 Å². The van der Waals surface area contributed by atoms with E-state index < -0.39 is 0 Å². The van der Waals surface area contributed by atoms with E-state index in [1.54, 1.807) is 10.6 Å². The molecule has 0 saturated carbocycles. The van der Waals surface area contributed by atoms with E-state index in [-0.39, 0.29) is 11.2 Å². The van der Waals surface area contributed by atoms with Crippen molar-refractivity contribution < 1.29 is 0 Å². The van der Waals surface area contributed by atoms with Crippen molar-refractivity contribution in [2.45, 2.75) is 25.8 Å². The van der Waals surface area contributed by atoms with Crippen LogP contribution >= 0.6 is 0 Å². The highest BCUT2D eigenvalue weighted by Gasteiger charge is 2.25. The van der Waals surface area contributed by atoms with Gasteiger partial charge in [-0.2, -0.15) is 0 Å². The van der Waals surface area contributed by atoms with Crippen LogP contribution in [0.2, 0.25) is 0 Å². The third kappa shape index (κ3) is 2.12. The van der Waals surface area contributed by atoms with E-state index in [4.69, 9.17) is 0 Å². The maximum absolute atomic E-state index is 12.1. The Kier molecular flexibility index (Phi) is 2.96. The monoisotopic (exact) mass is 285 g/mol. The summed E-state index contributed by atoms with van der Waals surface area (Å²) in [6.45, 7) is 4.10. The second kappa shape index (κ2) is 4.84. The molecule has 0 spiro atoms. The van der Waals surface area contributed by atoms with Crippen molar-refractivity contribution in [1.82, 2.24) is 14.5 Å². The SMILES string of the molecule is O=c1[nH]c(=O)n2c3c(cccc13)CC(CN1CCCC1)C2. The Morgan fingerprint density at radius 2 is 2.00 bits per heavy atom. The van der Waals surface area contributed by atoms with Gasteiger partial charge in [-0.1, -0.05) is 12.1 Å². The van der Waals surface area contributed by atoms with Crippen molar-refractivity contribution in [1.29, 1.82) is 0 Å². The molecule has 21 heavy (non-hydrogen) atoms. The summed E-state index contributed by atoms with van der Waals surface area (Å²) in [7, 11) is 0. The highest BCUT2D eigenvalue weighted by atomic mass is 16.2.